The van der Waals surface area contributed by atoms with Crippen molar-refractivity contribution < 1.29 is 23.4 Å². The maximum atomic E-state index is 13.1. The molecule has 0 spiro atoms. The summed E-state index contributed by atoms with van der Waals surface area (Å²) in [6.45, 7) is 5.59. The summed E-state index contributed by atoms with van der Waals surface area (Å²) in [5.41, 5.74) is 2.50. The number of aliphatic hydroxyl groups excluding tert-OH is 1. The summed E-state index contributed by atoms with van der Waals surface area (Å²) >= 11 is 0. The van der Waals surface area contributed by atoms with Crippen LogP contribution in [-0.2, 0) is 0 Å². The number of hydrogen-bond donors (Lipinski definition) is 2. The first-order chi connectivity index (χ1) is 14.5. The Labute approximate surface area is 179 Å². The first-order valence-corrected chi connectivity index (χ1v) is 9.96. The lowest BCUT2D eigenvalue weighted by molar-refractivity contribution is -0.0231. The average Bonchev–Trinajstić information content (AvgIpc) is 3.14. The fourth-order valence-corrected chi connectivity index (χ4v) is 3.12. The predicted octanol–water partition coefficient (Wildman–Crippen LogP) is 3.49. The lowest BCUT2D eigenvalue weighted by Crippen LogP contribution is -2.31. The quantitative estimate of drug-likeness (QED) is 0.569. The van der Waals surface area contributed by atoms with Gasteiger partial charge in [0.05, 0.1) is 23.0 Å². The molecule has 0 radical (unpaired) electrons. The van der Waals surface area contributed by atoms with Gasteiger partial charge in [-0.3, -0.25) is 14.5 Å². The highest BCUT2D eigenvalue weighted by Gasteiger charge is 2.23. The van der Waals surface area contributed by atoms with E-state index in [1.807, 2.05) is 19.1 Å². The van der Waals surface area contributed by atoms with E-state index >= 15 is 0 Å². The number of ether oxygens (including phenoxy) is 1. The third-order valence-electron chi connectivity index (χ3n) is 4.78. The Hall–Kier alpha value is -3.07. The van der Waals surface area contributed by atoms with Gasteiger partial charge in [0.15, 0.2) is 6.61 Å². The van der Waals surface area contributed by atoms with E-state index in [1.54, 1.807) is 36.9 Å². The highest BCUT2D eigenvalue weighted by molar-refractivity contribution is 6.04. The second kappa shape index (κ2) is 8.97. The fraction of sp³-hybridized carbons (Fsp3) is 0.409. The summed E-state index contributed by atoms with van der Waals surface area (Å²) < 4.78 is 33.1. The lowest BCUT2D eigenvalue weighted by Gasteiger charge is -2.17. The van der Waals surface area contributed by atoms with E-state index in [4.69, 9.17) is 4.74 Å². The average molecular weight is 432 g/mol. The molecule has 166 valence electrons. The van der Waals surface area contributed by atoms with Gasteiger partial charge in [0.25, 0.3) is 11.8 Å². The van der Waals surface area contributed by atoms with Crippen molar-refractivity contribution in [1.29, 1.82) is 0 Å². The van der Waals surface area contributed by atoms with Crippen LogP contribution in [0.25, 0.3) is 10.9 Å². The number of nitrogens with one attached hydrogen (secondary N) is 1. The summed E-state index contributed by atoms with van der Waals surface area (Å²) in [5.74, 6) is -2.88. The SMILES string of the molecule is Cc1cc(C(C)n2cc3c(C(=O)NC[C@H](C)O)nccc3n2)ccc1OCC(C)(F)F. The van der Waals surface area contributed by atoms with Gasteiger partial charge in [-0.05, 0) is 44.0 Å². The molecule has 0 aliphatic rings. The van der Waals surface area contributed by atoms with Crippen LogP contribution in [0.3, 0.4) is 0 Å². The van der Waals surface area contributed by atoms with Gasteiger partial charge in [0, 0.05) is 25.9 Å². The minimum atomic E-state index is -2.90. The summed E-state index contributed by atoms with van der Waals surface area (Å²) in [6.07, 6.45) is 2.60. The van der Waals surface area contributed by atoms with E-state index in [-0.39, 0.29) is 24.2 Å². The highest BCUT2D eigenvalue weighted by atomic mass is 19.3. The Kier molecular flexibility index (Phi) is 6.54. The van der Waals surface area contributed by atoms with Gasteiger partial charge >= 0.3 is 0 Å². The summed E-state index contributed by atoms with van der Waals surface area (Å²) in [6, 6.07) is 6.89. The molecule has 3 aromatic rings. The van der Waals surface area contributed by atoms with Crippen molar-refractivity contribution in [3.63, 3.8) is 0 Å². The molecule has 2 N–H and O–H groups in total. The molecule has 7 nitrogen and oxygen atoms in total. The first kappa shape index (κ1) is 22.6. The van der Waals surface area contributed by atoms with Crippen LogP contribution in [-0.4, -0.2) is 51.0 Å². The fourth-order valence-electron chi connectivity index (χ4n) is 3.12. The van der Waals surface area contributed by atoms with Crippen molar-refractivity contribution in [1.82, 2.24) is 20.1 Å². The molecule has 9 heteroatoms. The van der Waals surface area contributed by atoms with Gasteiger partial charge in [-0.25, -0.2) is 8.78 Å². The number of aromatic nitrogens is 3. The molecule has 3 rings (SSSR count). The summed E-state index contributed by atoms with van der Waals surface area (Å²) in [5, 5.41) is 17.2. The number of aliphatic hydroxyl groups is 1. The van der Waals surface area contributed by atoms with Gasteiger partial charge in [0.2, 0.25) is 0 Å². The Morgan fingerprint density at radius 1 is 1.32 bits per heavy atom. The largest absolute Gasteiger partial charge is 0.487 e. The van der Waals surface area contributed by atoms with E-state index in [9.17, 15) is 18.7 Å². The number of halogens is 2. The monoisotopic (exact) mass is 432 g/mol. The van der Waals surface area contributed by atoms with Crippen molar-refractivity contribution in [2.24, 2.45) is 0 Å². The molecular formula is C22H26F2N4O3. The van der Waals surface area contributed by atoms with E-state index in [1.165, 1.54) is 6.20 Å². The molecule has 0 aliphatic heterocycles. The van der Waals surface area contributed by atoms with E-state index in [2.05, 4.69) is 15.4 Å². The predicted molar refractivity (Wildman–Crippen MR) is 113 cm³/mol. The smallest absolute Gasteiger partial charge is 0.278 e. The van der Waals surface area contributed by atoms with E-state index in [0.29, 0.717) is 16.7 Å². The third-order valence-corrected chi connectivity index (χ3v) is 4.78. The molecule has 1 amide bonds. The topological polar surface area (TPSA) is 89.3 Å². The van der Waals surface area contributed by atoms with Crippen LogP contribution < -0.4 is 10.1 Å². The zero-order chi connectivity index (χ0) is 22.8. The number of fused-ring (bicyclic) bond motifs is 1. The molecule has 1 unspecified atom stereocenters. The van der Waals surface area contributed by atoms with Crippen molar-refractivity contribution in [3.8, 4) is 5.75 Å². The maximum absolute atomic E-state index is 13.1. The van der Waals surface area contributed by atoms with Gasteiger partial charge in [-0.1, -0.05) is 12.1 Å². The van der Waals surface area contributed by atoms with Crippen LogP contribution in [0.2, 0.25) is 0 Å². The third kappa shape index (κ3) is 5.55. The number of amides is 1. The molecule has 2 heterocycles. The number of benzene rings is 1. The molecule has 2 atom stereocenters. The Bertz CT molecular complexity index is 1080. The number of nitrogens with zero attached hydrogens (tertiary/aromatic N) is 3. The molecule has 31 heavy (non-hydrogen) atoms. The lowest BCUT2D eigenvalue weighted by atomic mass is 10.1. The van der Waals surface area contributed by atoms with Crippen molar-refractivity contribution in [2.45, 2.75) is 45.8 Å². The van der Waals surface area contributed by atoms with Crippen LogP contribution in [0.4, 0.5) is 8.78 Å². The molecule has 1 aromatic carbocycles. The zero-order valence-electron chi connectivity index (χ0n) is 17.9. The van der Waals surface area contributed by atoms with Crippen molar-refractivity contribution in [2.75, 3.05) is 13.2 Å². The standard InChI is InChI=1S/C22H26F2N4O3/c1-13-9-16(5-6-19(13)31-12-22(4,23)24)15(3)28-11-17-18(27-28)7-8-25-20(17)21(30)26-10-14(2)29/h5-9,11,14-15,29H,10,12H2,1-4H3,(H,26,30)/t14-,15?/m0/s1. The zero-order valence-corrected chi connectivity index (χ0v) is 17.9. The van der Waals surface area contributed by atoms with Crippen LogP contribution >= 0.6 is 0 Å². The van der Waals surface area contributed by atoms with Crippen molar-refractivity contribution >= 4 is 16.8 Å². The Morgan fingerprint density at radius 3 is 2.71 bits per heavy atom. The van der Waals surface area contributed by atoms with Crippen LogP contribution in [0, 0.1) is 6.92 Å². The van der Waals surface area contributed by atoms with E-state index in [0.717, 1.165) is 18.1 Å². The van der Waals surface area contributed by atoms with Crippen LogP contribution in [0.5, 0.6) is 5.75 Å². The molecule has 0 saturated heterocycles. The number of alkyl halides is 2. The van der Waals surface area contributed by atoms with E-state index < -0.39 is 18.6 Å². The summed E-state index contributed by atoms with van der Waals surface area (Å²) in [7, 11) is 0. The van der Waals surface area contributed by atoms with Gasteiger partial charge in [-0.2, -0.15) is 5.10 Å². The Morgan fingerprint density at radius 2 is 2.06 bits per heavy atom. The maximum Gasteiger partial charge on any atom is 0.278 e. The number of hydrogen-bond acceptors (Lipinski definition) is 5. The molecule has 0 bridgehead atoms. The number of carbonyl (C=O) groups excluding carboxylic acids is 1. The normalized spacial score (nSPS) is 13.8. The highest BCUT2D eigenvalue weighted by Crippen LogP contribution is 2.27. The molecular weight excluding hydrogens is 406 g/mol. The van der Waals surface area contributed by atoms with Gasteiger partial charge in [-0.15, -0.1) is 0 Å². The molecule has 0 saturated carbocycles. The molecule has 2 aromatic heterocycles. The Balaban J connectivity index is 1.84. The van der Waals surface area contributed by atoms with Crippen LogP contribution in [0.15, 0.2) is 36.7 Å². The second-order valence-corrected chi connectivity index (χ2v) is 7.82. The number of carbonyl (C=O) groups is 1. The summed E-state index contributed by atoms with van der Waals surface area (Å²) in [4.78, 5) is 16.6. The minimum Gasteiger partial charge on any atom is -0.487 e. The molecule has 0 aliphatic carbocycles. The first-order valence-electron chi connectivity index (χ1n) is 9.96. The number of rotatable bonds is 8. The van der Waals surface area contributed by atoms with Gasteiger partial charge in [0.1, 0.15) is 11.4 Å². The van der Waals surface area contributed by atoms with Gasteiger partial charge < -0.3 is 15.2 Å². The van der Waals surface area contributed by atoms with Crippen molar-refractivity contribution in [3.05, 3.63) is 53.5 Å². The van der Waals surface area contributed by atoms with Crippen LogP contribution in [0.1, 0.15) is 48.4 Å². The number of pyridine rings is 1. The second-order valence-electron chi connectivity index (χ2n) is 7.82. The molecule has 0 fully saturated rings. The number of aryl methyl sites for hydroxylation is 1. The minimum absolute atomic E-state index is 0.124.